The fourth-order valence-electron chi connectivity index (χ4n) is 3.92. The number of urea groups is 1. The van der Waals surface area contributed by atoms with Gasteiger partial charge in [0.1, 0.15) is 5.75 Å². The molecule has 1 heterocycles. The van der Waals surface area contributed by atoms with E-state index in [4.69, 9.17) is 9.47 Å². The fraction of sp³-hybridized carbons (Fsp3) is 0.632. The van der Waals surface area contributed by atoms with Crippen LogP contribution in [0.3, 0.4) is 0 Å². The van der Waals surface area contributed by atoms with Crippen LogP contribution in [0.2, 0.25) is 0 Å². The molecule has 1 aliphatic heterocycles. The number of carbonyl (C=O) groups excluding carboxylic acids is 1. The summed E-state index contributed by atoms with van der Waals surface area (Å²) in [5.41, 5.74) is 3.47. The largest absolute Gasteiger partial charge is 0.495 e. The first-order chi connectivity index (χ1) is 11.8. The number of methoxy groups -OCH3 is 1. The van der Waals surface area contributed by atoms with Gasteiger partial charge in [0.25, 0.3) is 0 Å². The molecular formula is C19H26N2O3. The molecule has 0 bridgehead atoms. The Morgan fingerprint density at radius 1 is 1.33 bits per heavy atom. The third-order valence-corrected chi connectivity index (χ3v) is 5.42. The van der Waals surface area contributed by atoms with Gasteiger partial charge in [-0.1, -0.05) is 6.07 Å². The fourth-order valence-corrected chi connectivity index (χ4v) is 3.92. The number of ether oxygens (including phenoxy) is 2. The normalized spacial score (nSPS) is 22.3. The molecule has 1 N–H and O–H groups in total. The predicted molar refractivity (Wildman–Crippen MR) is 92.7 cm³/mol. The van der Waals surface area contributed by atoms with Crippen molar-refractivity contribution in [3.8, 4) is 5.75 Å². The molecule has 24 heavy (non-hydrogen) atoms. The van der Waals surface area contributed by atoms with Crippen molar-refractivity contribution < 1.29 is 14.3 Å². The lowest BCUT2D eigenvalue weighted by atomic mass is 10.1. The Hall–Kier alpha value is -1.75. The van der Waals surface area contributed by atoms with E-state index in [-0.39, 0.29) is 6.03 Å². The number of hydrogen-bond acceptors (Lipinski definition) is 3. The summed E-state index contributed by atoms with van der Waals surface area (Å²) in [6.45, 7) is 2.40. The average Bonchev–Trinajstić information content (AvgIpc) is 3.10. The van der Waals surface area contributed by atoms with Gasteiger partial charge >= 0.3 is 6.03 Å². The number of aryl methyl sites for hydroxylation is 1. The minimum atomic E-state index is 0.0167. The van der Waals surface area contributed by atoms with E-state index in [1.807, 2.05) is 11.0 Å². The number of carbonyl (C=O) groups is 1. The molecule has 2 fully saturated rings. The Labute approximate surface area is 143 Å². The van der Waals surface area contributed by atoms with E-state index in [2.05, 4.69) is 11.4 Å². The molecule has 0 spiro atoms. The monoisotopic (exact) mass is 330 g/mol. The van der Waals surface area contributed by atoms with Gasteiger partial charge in [0.15, 0.2) is 0 Å². The standard InChI is InChI=1S/C19H26N2O3/c1-23-17-8-5-14-3-2-4-16(14)18(17)20-19(22)21(15-6-7-15)11-13-9-10-24-12-13/h5,8,13,15H,2-4,6-7,9-12H2,1H3,(H,20,22). The number of fused-ring (bicyclic) bond motifs is 1. The second kappa shape index (κ2) is 6.63. The maximum atomic E-state index is 13.0. The van der Waals surface area contributed by atoms with Gasteiger partial charge in [-0.25, -0.2) is 4.79 Å². The van der Waals surface area contributed by atoms with Crippen LogP contribution in [-0.2, 0) is 17.6 Å². The van der Waals surface area contributed by atoms with Gasteiger partial charge in [0.2, 0.25) is 0 Å². The second-order valence-electron chi connectivity index (χ2n) is 7.18. The van der Waals surface area contributed by atoms with Crippen molar-refractivity contribution in [2.45, 2.75) is 44.6 Å². The van der Waals surface area contributed by atoms with E-state index in [1.165, 1.54) is 11.1 Å². The minimum absolute atomic E-state index is 0.0167. The smallest absolute Gasteiger partial charge is 0.322 e. The van der Waals surface area contributed by atoms with Crippen LogP contribution in [-0.4, -0.2) is 43.8 Å². The van der Waals surface area contributed by atoms with Crippen molar-refractivity contribution in [1.29, 1.82) is 0 Å². The second-order valence-corrected chi connectivity index (χ2v) is 7.18. The van der Waals surface area contributed by atoms with Crippen LogP contribution in [0.5, 0.6) is 5.75 Å². The molecule has 5 nitrogen and oxygen atoms in total. The molecule has 0 aromatic heterocycles. The van der Waals surface area contributed by atoms with Gasteiger partial charge in [-0.2, -0.15) is 0 Å². The summed E-state index contributed by atoms with van der Waals surface area (Å²) in [5, 5.41) is 3.18. The SMILES string of the molecule is COc1ccc2c(c1NC(=O)N(CC1CCOC1)C1CC1)CCC2. The van der Waals surface area contributed by atoms with E-state index in [0.29, 0.717) is 12.0 Å². The van der Waals surface area contributed by atoms with Crippen molar-refractivity contribution in [1.82, 2.24) is 4.90 Å². The summed E-state index contributed by atoms with van der Waals surface area (Å²) in [5.74, 6) is 1.24. The van der Waals surface area contributed by atoms with Crippen molar-refractivity contribution >= 4 is 11.7 Å². The van der Waals surface area contributed by atoms with Crippen molar-refractivity contribution in [3.05, 3.63) is 23.3 Å². The molecule has 5 heteroatoms. The third-order valence-electron chi connectivity index (χ3n) is 5.42. The molecule has 1 aromatic rings. The Kier molecular flexibility index (Phi) is 4.35. The first-order valence-corrected chi connectivity index (χ1v) is 9.10. The average molecular weight is 330 g/mol. The van der Waals surface area contributed by atoms with Gasteiger partial charge in [-0.15, -0.1) is 0 Å². The molecule has 1 aromatic carbocycles. The Balaban J connectivity index is 1.53. The molecular weight excluding hydrogens is 304 g/mol. The number of hydrogen-bond donors (Lipinski definition) is 1. The van der Waals surface area contributed by atoms with Gasteiger partial charge in [-0.3, -0.25) is 0 Å². The number of nitrogens with zero attached hydrogens (tertiary/aromatic N) is 1. The number of benzene rings is 1. The zero-order valence-corrected chi connectivity index (χ0v) is 14.3. The number of nitrogens with one attached hydrogen (secondary N) is 1. The Morgan fingerprint density at radius 2 is 2.21 bits per heavy atom. The molecule has 1 saturated heterocycles. The van der Waals surface area contributed by atoms with E-state index >= 15 is 0 Å². The molecule has 1 atom stereocenters. The quantitative estimate of drug-likeness (QED) is 0.902. The molecule has 4 rings (SSSR count). The van der Waals surface area contributed by atoms with E-state index in [9.17, 15) is 4.79 Å². The summed E-state index contributed by atoms with van der Waals surface area (Å²) >= 11 is 0. The summed E-state index contributed by atoms with van der Waals surface area (Å²) in [6, 6.07) is 4.52. The Bertz CT molecular complexity index is 621. The highest BCUT2D eigenvalue weighted by molar-refractivity contribution is 5.93. The molecule has 3 aliphatic rings. The van der Waals surface area contributed by atoms with Gasteiger partial charge < -0.3 is 19.7 Å². The van der Waals surface area contributed by atoms with Gasteiger partial charge in [-0.05, 0) is 55.7 Å². The van der Waals surface area contributed by atoms with Crippen LogP contribution in [0.4, 0.5) is 10.5 Å². The zero-order valence-electron chi connectivity index (χ0n) is 14.3. The van der Waals surface area contributed by atoms with Crippen LogP contribution in [0.25, 0.3) is 0 Å². The van der Waals surface area contributed by atoms with Crippen LogP contribution in [0.1, 0.15) is 36.8 Å². The van der Waals surface area contributed by atoms with E-state index in [1.54, 1.807) is 7.11 Å². The molecule has 2 amide bonds. The lowest BCUT2D eigenvalue weighted by Crippen LogP contribution is -2.40. The van der Waals surface area contributed by atoms with E-state index in [0.717, 1.165) is 69.7 Å². The molecule has 2 aliphatic carbocycles. The zero-order chi connectivity index (χ0) is 16.5. The maximum Gasteiger partial charge on any atom is 0.322 e. The first kappa shape index (κ1) is 15.8. The Morgan fingerprint density at radius 3 is 2.92 bits per heavy atom. The summed E-state index contributed by atoms with van der Waals surface area (Å²) in [6.07, 6.45) is 6.55. The predicted octanol–water partition coefficient (Wildman–Crippen LogP) is 3.22. The molecule has 1 saturated carbocycles. The molecule has 130 valence electrons. The van der Waals surface area contributed by atoms with Crippen LogP contribution >= 0.6 is 0 Å². The minimum Gasteiger partial charge on any atom is -0.495 e. The van der Waals surface area contributed by atoms with Gasteiger partial charge in [0, 0.05) is 25.1 Å². The van der Waals surface area contributed by atoms with Crippen LogP contribution < -0.4 is 10.1 Å². The van der Waals surface area contributed by atoms with Crippen LogP contribution in [0, 0.1) is 5.92 Å². The lowest BCUT2D eigenvalue weighted by Gasteiger charge is -2.26. The highest BCUT2D eigenvalue weighted by Crippen LogP contribution is 2.37. The van der Waals surface area contributed by atoms with Gasteiger partial charge in [0.05, 0.1) is 19.4 Å². The van der Waals surface area contributed by atoms with Crippen molar-refractivity contribution in [2.75, 3.05) is 32.2 Å². The third kappa shape index (κ3) is 3.09. The summed E-state index contributed by atoms with van der Waals surface area (Å²) in [7, 11) is 1.67. The number of rotatable bonds is 5. The van der Waals surface area contributed by atoms with Crippen molar-refractivity contribution in [2.24, 2.45) is 5.92 Å². The highest BCUT2D eigenvalue weighted by Gasteiger charge is 2.35. The molecule has 0 radical (unpaired) electrons. The maximum absolute atomic E-state index is 13.0. The van der Waals surface area contributed by atoms with E-state index < -0.39 is 0 Å². The lowest BCUT2D eigenvalue weighted by molar-refractivity contribution is 0.167. The number of amides is 2. The number of anilines is 1. The van der Waals surface area contributed by atoms with Crippen LogP contribution in [0.15, 0.2) is 12.1 Å². The summed E-state index contributed by atoms with van der Waals surface area (Å²) in [4.78, 5) is 15.0. The first-order valence-electron chi connectivity index (χ1n) is 9.10. The molecule has 1 unspecified atom stereocenters. The van der Waals surface area contributed by atoms with Crippen molar-refractivity contribution in [3.63, 3.8) is 0 Å². The highest BCUT2D eigenvalue weighted by atomic mass is 16.5. The summed E-state index contributed by atoms with van der Waals surface area (Å²) < 4.78 is 11.0. The topological polar surface area (TPSA) is 50.8 Å².